The number of unbranched alkanes of at least 4 members (excludes halogenated alkanes) is 5. The molecule has 4 rings (SSSR count). The predicted molar refractivity (Wildman–Crippen MR) is 498 cm³/mol. The van der Waals surface area contributed by atoms with Gasteiger partial charge < -0.3 is 91.2 Å². The molecule has 0 aliphatic carbocycles. The monoisotopic (exact) mass is 1910 g/mol. The molecule has 0 saturated carbocycles. The van der Waals surface area contributed by atoms with E-state index in [1.54, 1.807) is 58.9 Å². The lowest BCUT2D eigenvalue weighted by Gasteiger charge is -2.29. The van der Waals surface area contributed by atoms with Gasteiger partial charge in [-0.2, -0.15) is 0 Å². The van der Waals surface area contributed by atoms with Crippen molar-refractivity contribution in [2.75, 3.05) is 53.4 Å². The van der Waals surface area contributed by atoms with Gasteiger partial charge in [-0.3, -0.25) is 110 Å². The Kier molecular flexibility index (Phi) is 52.5. The summed E-state index contributed by atoms with van der Waals surface area (Å²) in [6.07, 6.45) is 0.00277. The van der Waals surface area contributed by atoms with Gasteiger partial charge in [-0.1, -0.05) is 138 Å². The van der Waals surface area contributed by atoms with Gasteiger partial charge in [0.15, 0.2) is 46.3 Å². The number of Topliss-reactive ketones (excluding diaryl/α,β-unsaturated/α-hetero) is 8. The van der Waals surface area contributed by atoms with E-state index in [1.165, 1.54) is 38.4 Å². The van der Waals surface area contributed by atoms with Gasteiger partial charge in [0.2, 0.25) is 88.6 Å². The summed E-state index contributed by atoms with van der Waals surface area (Å²) < 4.78 is 0. The Morgan fingerprint density at radius 2 is 0.838 bits per heavy atom. The topological polar surface area (TPSA) is 666 Å². The molecule has 20 N–H and O–H groups in total. The first-order chi connectivity index (χ1) is 63.9. The standard InChI is InChI=1S/C50H76N8O13.C46H69N7O12/c1-5-7-8-9-10-11-12-32(47(68)55-28-44(53)66)22-38(61)29-58(4)50(71)34-16-20-45(67)54-27-37(60)23-35(21-31-13-17-36(59)18-14-31)49(70)57-46(30(3)6-2)41(63)24-33(15-19-42(51)64)48(69)56-39(26-43(52)65)40(62)25-34;1-8-27(6)42-38(58)20-35(26(4)5)45(64)51-36(21-39(47)59)37(57)19-29(46(65)53(7)24-34(56)18-30(15-25(2)3)43(62)50-23-40(48)60)11-14-41(61)49-22-33(55)17-31(44(63)52-42)16-28-9-12-32(54)13-10-28/h13-14,17-18,30,32-35,39,46,59H,5-12,15-16,19-29H2,1-4H3,(H2,51,64)(H2,52,65)(H2,53,66)(H,54,67)(H,55,68)(H,56,69)(H,57,70);9-10,12-13,25-27,29-31,35-36,42,54H,8,11,14-24H2,1-7H3,(H2,47,59)(H2,48,60)(H,49,61)(H,50,62)(H,51,64)(H,52,63)/t30-,32+,33+,34+,35+,39-,46-;27-,29+,30+,31+,35-,36-,42-/m00/s1. The van der Waals surface area contributed by atoms with Crippen LogP contribution in [0.3, 0.4) is 0 Å². The molecule has 136 heavy (non-hydrogen) atoms. The van der Waals surface area contributed by atoms with E-state index in [2.05, 4.69) is 49.5 Å². The van der Waals surface area contributed by atoms with Gasteiger partial charge in [0.1, 0.15) is 11.5 Å². The number of ketones is 8. The SMILES string of the molecule is CCCCCCCC[C@H](CC(=O)CN(C)C(=O)[C@@H]1CCC(=O)NCC(=O)C[C@@H](Cc2ccc(O)cc2)C(=O)N[C@@H]([C@@H](C)CC)C(=O)C[C@@H](CCC(N)=O)C(=O)N[C@@H](CC(N)=O)C(=O)C1)C(=O)NCC(N)=O.CC[C@H](C)[C@@H]1NC(=O)[C@H](Cc2ccc(O)cc2)CC(=O)CNC(=O)CC[C@@H](C(=O)N(C)CC(=O)C[C@@H](CC(C)C)C(=O)NCC(N)=O)CC(=O)[C@H](CC(N)=O)NC(=O)[C@H](C(C)C)CC1=O. The second-order valence-corrected chi connectivity index (χ2v) is 36.9. The van der Waals surface area contributed by atoms with Crippen LogP contribution in [0.25, 0.3) is 0 Å². The van der Waals surface area contributed by atoms with Gasteiger partial charge in [0.25, 0.3) is 0 Å². The van der Waals surface area contributed by atoms with Gasteiger partial charge in [-0.05, 0) is 104 Å². The molecule has 0 bridgehead atoms. The minimum Gasteiger partial charge on any atom is -0.508 e. The summed E-state index contributed by atoms with van der Waals surface area (Å²) in [6, 6.07) is 6.51. The molecule has 2 aliphatic heterocycles. The summed E-state index contributed by atoms with van der Waals surface area (Å²) in [7, 11) is 2.59. The highest BCUT2D eigenvalue weighted by Crippen LogP contribution is 2.29. The largest absolute Gasteiger partial charge is 0.508 e. The third kappa shape index (κ3) is 44.7. The van der Waals surface area contributed by atoms with Crippen molar-refractivity contribution >= 4 is 135 Å². The number of hydrogen-bond donors (Lipinski definition) is 15. The van der Waals surface area contributed by atoms with Crippen molar-refractivity contribution in [1.29, 1.82) is 0 Å². The molecule has 40 heteroatoms. The van der Waals surface area contributed by atoms with Gasteiger partial charge in [-0.25, -0.2) is 0 Å². The number of aromatic hydroxyl groups is 2. The predicted octanol–water partition coefficient (Wildman–Crippen LogP) is 1.91. The number of nitrogens with two attached hydrogens (primary N) is 5. The van der Waals surface area contributed by atoms with Gasteiger partial charge >= 0.3 is 0 Å². The lowest BCUT2D eigenvalue weighted by atomic mass is 9.84. The van der Waals surface area contributed by atoms with Crippen molar-refractivity contribution in [1.82, 2.24) is 52.3 Å². The number of likely N-dealkylation sites (N-methyl/N-ethyl adjacent to an activating group) is 2. The maximum Gasteiger partial charge on any atom is 0.236 e. The maximum atomic E-state index is 14.2. The Labute approximate surface area is 794 Å². The Bertz CT molecular complexity index is 4500. The molecule has 0 spiro atoms. The number of rotatable bonds is 41. The third-order valence-corrected chi connectivity index (χ3v) is 24.4. The molecule has 754 valence electrons. The average Bonchev–Trinajstić information content (AvgIpc) is 0.829. The smallest absolute Gasteiger partial charge is 0.236 e. The van der Waals surface area contributed by atoms with Crippen LogP contribution in [0.15, 0.2) is 48.5 Å². The fourth-order valence-corrected chi connectivity index (χ4v) is 16.1. The van der Waals surface area contributed by atoms with Crippen molar-refractivity contribution in [2.24, 2.45) is 99.7 Å². The van der Waals surface area contributed by atoms with E-state index in [0.717, 1.165) is 41.9 Å². The van der Waals surface area contributed by atoms with Crippen LogP contribution in [0, 0.1) is 71.0 Å². The second-order valence-electron chi connectivity index (χ2n) is 36.9. The lowest BCUT2D eigenvalue weighted by Crippen LogP contribution is -2.51. The number of hydrogen-bond acceptors (Lipinski definition) is 25. The Morgan fingerprint density at radius 1 is 0.449 bits per heavy atom. The van der Waals surface area contributed by atoms with Gasteiger partial charge in [0, 0.05) is 132 Å². The van der Waals surface area contributed by atoms with Crippen LogP contribution in [0.2, 0.25) is 0 Å². The van der Waals surface area contributed by atoms with E-state index in [4.69, 9.17) is 28.7 Å². The van der Waals surface area contributed by atoms with Crippen LogP contribution < -0.4 is 71.2 Å². The number of carbonyl (C=O) groups is 23. The molecule has 2 heterocycles. The number of nitrogens with one attached hydrogen (secondary N) is 8. The number of carbonyl (C=O) groups excluding carboxylic acids is 23. The molecular formula is C96H145N15O25. The summed E-state index contributed by atoms with van der Waals surface area (Å²) >= 11 is 0. The highest BCUT2D eigenvalue weighted by Gasteiger charge is 2.41. The first-order valence-corrected chi connectivity index (χ1v) is 46.9. The fraction of sp³-hybridized carbons (Fsp3) is 0.635. The summed E-state index contributed by atoms with van der Waals surface area (Å²) in [5.74, 6) is -26.5. The second kappa shape index (κ2) is 60.7. The molecule has 2 aliphatic rings. The summed E-state index contributed by atoms with van der Waals surface area (Å²) in [5.41, 5.74) is 28.0. The minimum absolute atomic E-state index is 0.00573. The van der Waals surface area contributed by atoms with E-state index >= 15 is 0 Å². The molecule has 2 saturated heterocycles. The number of nitrogens with zero attached hydrogens (tertiary/aromatic N) is 2. The number of phenols is 2. The minimum atomic E-state index is -1.65. The highest BCUT2D eigenvalue weighted by atomic mass is 16.3. The van der Waals surface area contributed by atoms with Crippen LogP contribution in [-0.4, -0.2) is 232 Å². The molecule has 0 radical (unpaired) electrons. The molecule has 14 atom stereocenters. The van der Waals surface area contributed by atoms with E-state index in [9.17, 15) is 120 Å². The van der Waals surface area contributed by atoms with Crippen LogP contribution >= 0.6 is 0 Å². The normalized spacial score (nSPS) is 21.4. The van der Waals surface area contributed by atoms with E-state index in [0.29, 0.717) is 36.8 Å². The summed E-state index contributed by atoms with van der Waals surface area (Å²) in [6.45, 7) is 13.3. The number of benzene rings is 2. The summed E-state index contributed by atoms with van der Waals surface area (Å²) in [4.78, 5) is 308. The van der Waals surface area contributed by atoms with E-state index in [-0.39, 0.29) is 101 Å². The van der Waals surface area contributed by atoms with Gasteiger partial charge in [-0.15, -0.1) is 0 Å². The zero-order chi connectivity index (χ0) is 102. The van der Waals surface area contributed by atoms with Crippen molar-refractivity contribution in [3.05, 3.63) is 59.7 Å². The zero-order valence-corrected chi connectivity index (χ0v) is 80.5. The van der Waals surface area contributed by atoms with Crippen molar-refractivity contribution in [3.63, 3.8) is 0 Å². The van der Waals surface area contributed by atoms with Gasteiger partial charge in [0.05, 0.1) is 76.3 Å². The van der Waals surface area contributed by atoms with E-state index in [1.807, 2.05) is 20.8 Å². The zero-order valence-electron chi connectivity index (χ0n) is 80.5. The third-order valence-electron chi connectivity index (χ3n) is 24.4. The molecule has 2 aromatic carbocycles. The molecule has 40 nitrogen and oxygen atoms in total. The Hall–Kier alpha value is -12.5. The van der Waals surface area contributed by atoms with Crippen LogP contribution in [0.4, 0.5) is 0 Å². The fourth-order valence-electron chi connectivity index (χ4n) is 16.1. The molecule has 15 amide bonds. The molecule has 2 aromatic rings. The lowest BCUT2D eigenvalue weighted by molar-refractivity contribution is -0.141. The number of amides is 15. The quantitative estimate of drug-likeness (QED) is 0.0423. The van der Waals surface area contributed by atoms with Crippen LogP contribution in [0.5, 0.6) is 11.5 Å². The first-order valence-electron chi connectivity index (χ1n) is 46.9. The first kappa shape index (κ1) is 118. The van der Waals surface area contributed by atoms with Crippen molar-refractivity contribution in [2.45, 2.75) is 266 Å². The van der Waals surface area contributed by atoms with Crippen LogP contribution in [-0.2, 0) is 123 Å². The average molecular weight is 1910 g/mol. The number of phenolic OH excluding ortho intramolecular Hbond substituents is 2. The maximum absolute atomic E-state index is 14.2. The molecule has 2 fully saturated rings. The highest BCUT2D eigenvalue weighted by molar-refractivity contribution is 6.02. The Morgan fingerprint density at radius 3 is 1.23 bits per heavy atom. The Balaban J connectivity index is 0.000000703. The molecule has 0 aromatic heterocycles. The van der Waals surface area contributed by atoms with Crippen molar-refractivity contribution < 1.29 is 120 Å². The molecule has 0 unspecified atom stereocenters. The van der Waals surface area contributed by atoms with Crippen LogP contribution in [0.1, 0.15) is 240 Å². The number of primary amides is 5. The summed E-state index contributed by atoms with van der Waals surface area (Å²) in [5, 5.41) is 40.1. The van der Waals surface area contributed by atoms with Crippen molar-refractivity contribution in [3.8, 4) is 11.5 Å². The van der Waals surface area contributed by atoms with E-state index < -0.39 is 302 Å². The molecular weight excluding hydrogens is 1760 g/mol.